The fraction of sp³-hybridized carbons (Fsp3) is 0.469. The maximum absolute atomic E-state index is 13.3. The summed E-state index contributed by atoms with van der Waals surface area (Å²) in [6, 6.07) is 19.9. The number of amides is 2. The zero-order chi connectivity index (χ0) is 52.1. The van der Waals surface area contributed by atoms with Gasteiger partial charge in [0.05, 0.1) is 64.8 Å². The molecule has 0 spiro atoms. The maximum Gasteiger partial charge on any atom is 0.416 e. The first-order chi connectivity index (χ1) is 32.3. The monoisotopic (exact) mass is 1010 g/mol. The van der Waals surface area contributed by atoms with E-state index in [1.165, 1.54) is 13.8 Å². The molecule has 2 heterocycles. The Morgan fingerprint density at radius 2 is 1.03 bits per heavy atom. The molecule has 2 saturated heterocycles. The third kappa shape index (κ3) is 14.8. The Morgan fingerprint density at radius 3 is 1.39 bits per heavy atom. The average Bonchev–Trinajstić information content (AvgIpc) is 3.28. The van der Waals surface area contributed by atoms with Crippen molar-refractivity contribution in [2.75, 3.05) is 19.8 Å². The number of hydrogen-bond donors (Lipinski definition) is 4. The van der Waals surface area contributed by atoms with Gasteiger partial charge in [-0.25, -0.2) is 4.79 Å². The second kappa shape index (κ2) is 21.5. The molecule has 0 saturated carbocycles. The first-order valence-electron chi connectivity index (χ1n) is 22.1. The van der Waals surface area contributed by atoms with Crippen molar-refractivity contribution >= 4 is 12.0 Å². The van der Waals surface area contributed by atoms with Crippen molar-refractivity contribution in [2.24, 2.45) is 5.73 Å². The predicted molar refractivity (Wildman–Crippen MR) is 234 cm³/mol. The number of benzene rings is 4. The number of piperidine rings is 2. The van der Waals surface area contributed by atoms with Crippen LogP contribution in [0.1, 0.15) is 117 Å². The minimum Gasteiger partial charge on any atom is -0.444 e. The summed E-state index contributed by atoms with van der Waals surface area (Å²) in [5.74, 6) is -0.408. The summed E-state index contributed by atoms with van der Waals surface area (Å²) in [5, 5.41) is 9.03. The fourth-order valence-electron chi connectivity index (χ4n) is 7.98. The summed E-state index contributed by atoms with van der Waals surface area (Å²) >= 11 is 0. The molecule has 0 radical (unpaired) electrons. The summed E-state index contributed by atoms with van der Waals surface area (Å²) in [7, 11) is 0. The van der Waals surface area contributed by atoms with E-state index in [9.17, 15) is 62.3 Å². The van der Waals surface area contributed by atoms with Crippen LogP contribution in [-0.2, 0) is 54.8 Å². The molecule has 5 N–H and O–H groups in total. The number of hydrogen-bond acceptors (Lipinski definition) is 7. The van der Waals surface area contributed by atoms with Gasteiger partial charge in [0.2, 0.25) is 5.91 Å². The van der Waals surface area contributed by atoms with E-state index in [0.29, 0.717) is 62.1 Å². The van der Waals surface area contributed by atoms with Gasteiger partial charge in [-0.05, 0) is 119 Å². The molecule has 384 valence electrons. The summed E-state index contributed by atoms with van der Waals surface area (Å²) in [6.07, 6.45) is -20.7. The first-order valence-corrected chi connectivity index (χ1v) is 22.1. The molecule has 2 aliphatic rings. The molecule has 2 aliphatic heterocycles. The lowest BCUT2D eigenvalue weighted by atomic mass is 9.81. The second-order valence-electron chi connectivity index (χ2n) is 18.4. The number of ether oxygens (including phenoxy) is 3. The van der Waals surface area contributed by atoms with Crippen molar-refractivity contribution in [1.29, 1.82) is 0 Å². The highest BCUT2D eigenvalue weighted by Crippen LogP contribution is 2.41. The molecule has 4 aromatic rings. The lowest BCUT2D eigenvalue weighted by Gasteiger charge is -2.42. The Balaban J connectivity index is 0.000000265. The van der Waals surface area contributed by atoms with Crippen molar-refractivity contribution in [3.05, 3.63) is 142 Å². The van der Waals surface area contributed by atoms with Gasteiger partial charge < -0.3 is 35.9 Å². The summed E-state index contributed by atoms with van der Waals surface area (Å²) in [4.78, 5) is 24.4. The van der Waals surface area contributed by atoms with Crippen molar-refractivity contribution < 1.29 is 76.5 Å². The lowest BCUT2D eigenvalue weighted by Crippen LogP contribution is -2.58. The van der Waals surface area contributed by atoms with E-state index in [2.05, 4.69) is 16.0 Å². The summed E-state index contributed by atoms with van der Waals surface area (Å²) in [5.41, 5.74) is -1.19. The van der Waals surface area contributed by atoms with Crippen LogP contribution in [0.5, 0.6) is 0 Å². The Labute approximate surface area is 396 Å². The summed E-state index contributed by atoms with van der Waals surface area (Å²) in [6.45, 7) is 8.23. The van der Waals surface area contributed by atoms with Crippen LogP contribution >= 0.6 is 0 Å². The van der Waals surface area contributed by atoms with E-state index in [1.54, 1.807) is 51.1 Å². The standard InChI is InChI=1S/C27H32F6N2O3.C22H22F6N2O2/c1-17(18-12-20(26(28,29)30)14-21(13-18)27(31,32)33)37-16-25(19-8-6-5-7-9-19)11-10-22(15-34-25)35-23(36)38-24(2,3)4;1-13(14-9-16(21(23,24)25)11-17(10-14)22(26,27)28)32-12-20(15-5-3-2-4-6-15)8-7-18(29)19(31)30-20/h5-9,12-14,17,22,34H,10-11,15-16H2,1-4H3,(H,35,36);2-6,9-11,13,18H,7-8,12,29H2,1H3,(H,30,31)/t17-,22-,25-;13-,18-,20-/m11/s1. The quantitative estimate of drug-likeness (QED) is 0.110. The predicted octanol–water partition coefficient (Wildman–Crippen LogP) is 11.9. The Kier molecular flexibility index (Phi) is 17.1. The zero-order valence-corrected chi connectivity index (χ0v) is 38.7. The highest BCUT2D eigenvalue weighted by Gasteiger charge is 2.43. The van der Waals surface area contributed by atoms with Crippen molar-refractivity contribution in [3.63, 3.8) is 0 Å². The van der Waals surface area contributed by atoms with Crippen LogP contribution in [0.15, 0.2) is 97.1 Å². The van der Waals surface area contributed by atoms with Gasteiger partial charge in [0, 0.05) is 12.6 Å². The van der Waals surface area contributed by atoms with Gasteiger partial charge >= 0.3 is 30.8 Å². The van der Waals surface area contributed by atoms with E-state index in [0.717, 1.165) is 5.56 Å². The summed E-state index contributed by atoms with van der Waals surface area (Å²) < 4.78 is 176. The Bertz CT molecular complexity index is 2320. The van der Waals surface area contributed by atoms with Crippen LogP contribution < -0.4 is 21.7 Å². The van der Waals surface area contributed by atoms with Gasteiger partial charge in [-0.1, -0.05) is 60.7 Å². The van der Waals surface area contributed by atoms with Gasteiger partial charge in [-0.3, -0.25) is 4.79 Å². The molecule has 0 unspecified atom stereocenters. The first kappa shape index (κ1) is 55.5. The van der Waals surface area contributed by atoms with Crippen LogP contribution in [0.25, 0.3) is 0 Å². The van der Waals surface area contributed by atoms with Crippen molar-refractivity contribution in [1.82, 2.24) is 16.0 Å². The second-order valence-corrected chi connectivity index (χ2v) is 18.4. The third-order valence-electron chi connectivity index (χ3n) is 11.9. The highest BCUT2D eigenvalue weighted by atomic mass is 19.4. The number of rotatable bonds is 11. The normalized spacial score (nSPS) is 22.2. The topological polar surface area (TPSA) is 124 Å². The number of alkyl halides is 12. The molecule has 21 heteroatoms. The molecule has 2 fully saturated rings. The van der Waals surface area contributed by atoms with Crippen molar-refractivity contribution in [2.45, 2.75) is 126 Å². The van der Waals surface area contributed by atoms with Gasteiger partial charge in [0.15, 0.2) is 0 Å². The van der Waals surface area contributed by atoms with Gasteiger partial charge in [0.25, 0.3) is 0 Å². The highest BCUT2D eigenvalue weighted by molar-refractivity contribution is 5.83. The number of alkyl carbamates (subject to hydrolysis) is 1. The fourth-order valence-corrected chi connectivity index (χ4v) is 7.98. The van der Waals surface area contributed by atoms with Gasteiger partial charge in [-0.15, -0.1) is 0 Å². The largest absolute Gasteiger partial charge is 0.444 e. The van der Waals surface area contributed by atoms with E-state index in [1.807, 2.05) is 30.3 Å². The SMILES string of the molecule is C[C@@H](OC[C@@]1(c2ccccc2)CC[C@@H](N)C(=O)N1)c1cc(C(F)(F)F)cc(C(F)(F)F)c1.C[C@@H](OC[C@@]1(c2ccccc2)CC[C@@H](NC(=O)OC(C)(C)C)CN1)c1cc(C(F)(F)F)cc(C(F)(F)F)c1. The van der Waals surface area contributed by atoms with Crippen LogP contribution in [0.2, 0.25) is 0 Å². The molecule has 6 atom stereocenters. The number of carbonyl (C=O) groups is 2. The van der Waals surface area contributed by atoms with Crippen molar-refractivity contribution in [3.8, 4) is 0 Å². The zero-order valence-electron chi connectivity index (χ0n) is 38.7. The molecule has 9 nitrogen and oxygen atoms in total. The van der Waals surface area contributed by atoms with E-state index >= 15 is 0 Å². The van der Waals surface area contributed by atoms with Crippen LogP contribution in [0, 0.1) is 0 Å². The van der Waals surface area contributed by atoms with Crippen LogP contribution in [0.4, 0.5) is 57.5 Å². The van der Waals surface area contributed by atoms with E-state index < -0.39 is 93.9 Å². The van der Waals surface area contributed by atoms with Crippen LogP contribution in [0.3, 0.4) is 0 Å². The van der Waals surface area contributed by atoms with E-state index in [4.69, 9.17) is 19.9 Å². The molecule has 0 aliphatic carbocycles. The number of carbonyl (C=O) groups excluding carboxylic acids is 2. The number of nitrogens with two attached hydrogens (primary N) is 1. The molecule has 70 heavy (non-hydrogen) atoms. The molecular formula is C49H54F12N4O5. The number of nitrogens with one attached hydrogen (secondary N) is 3. The molecule has 0 bridgehead atoms. The molecule has 0 aromatic heterocycles. The molecule has 6 rings (SSSR count). The minimum absolute atomic E-state index is 0.0189. The molecule has 4 aromatic carbocycles. The van der Waals surface area contributed by atoms with Gasteiger partial charge in [-0.2, -0.15) is 52.7 Å². The minimum atomic E-state index is -4.95. The average molecular weight is 1010 g/mol. The van der Waals surface area contributed by atoms with Gasteiger partial charge in [0.1, 0.15) is 5.60 Å². The molecular weight excluding hydrogens is 953 g/mol. The Hall–Kier alpha value is -5.38. The maximum atomic E-state index is 13.3. The Morgan fingerprint density at radius 1 is 0.643 bits per heavy atom. The van der Waals surface area contributed by atoms with Crippen LogP contribution in [-0.4, -0.2) is 49.4 Å². The number of halogens is 12. The third-order valence-corrected chi connectivity index (χ3v) is 11.9. The molecule has 2 amide bonds. The van der Waals surface area contributed by atoms with E-state index in [-0.39, 0.29) is 42.5 Å². The lowest BCUT2D eigenvalue weighted by molar-refractivity contribution is -0.145. The smallest absolute Gasteiger partial charge is 0.416 e.